The molecule has 1 aromatic carbocycles. The Morgan fingerprint density at radius 3 is 2.53 bits per heavy atom. The highest BCUT2D eigenvalue weighted by molar-refractivity contribution is 6.39. The van der Waals surface area contributed by atoms with Crippen LogP contribution in [0.2, 0.25) is 10.0 Å². The zero-order valence-electron chi connectivity index (χ0n) is 8.84. The number of benzene rings is 1. The van der Waals surface area contributed by atoms with Gasteiger partial charge in [-0.2, -0.15) is 0 Å². The minimum Gasteiger partial charge on any atom is -0.322 e. The van der Waals surface area contributed by atoms with E-state index in [0.717, 1.165) is 12.1 Å². The SMILES string of the molecule is C=CCC(N)C(=O)Nc1c(Cl)cc(F)cc1Cl. The minimum atomic E-state index is -0.746. The smallest absolute Gasteiger partial charge is 0.241 e. The Kier molecular flexibility index (Phi) is 4.93. The van der Waals surface area contributed by atoms with Crippen LogP contribution in [-0.2, 0) is 4.79 Å². The number of hydrogen-bond donors (Lipinski definition) is 2. The molecule has 1 amide bonds. The number of hydrogen-bond acceptors (Lipinski definition) is 2. The molecule has 0 radical (unpaired) electrons. The molecule has 6 heteroatoms. The van der Waals surface area contributed by atoms with E-state index in [-0.39, 0.29) is 15.7 Å². The third-order valence-electron chi connectivity index (χ3n) is 2.01. The summed E-state index contributed by atoms with van der Waals surface area (Å²) >= 11 is 11.5. The molecular weight excluding hydrogens is 266 g/mol. The van der Waals surface area contributed by atoms with Crippen LogP contribution in [0.1, 0.15) is 6.42 Å². The van der Waals surface area contributed by atoms with Crippen molar-refractivity contribution in [3.63, 3.8) is 0 Å². The van der Waals surface area contributed by atoms with Crippen molar-refractivity contribution in [3.05, 3.63) is 40.7 Å². The molecule has 1 rings (SSSR count). The van der Waals surface area contributed by atoms with Crippen molar-refractivity contribution in [1.29, 1.82) is 0 Å². The largest absolute Gasteiger partial charge is 0.322 e. The van der Waals surface area contributed by atoms with Gasteiger partial charge in [0.25, 0.3) is 0 Å². The van der Waals surface area contributed by atoms with Crippen molar-refractivity contribution < 1.29 is 9.18 Å². The van der Waals surface area contributed by atoms with Crippen LogP contribution >= 0.6 is 23.2 Å². The zero-order valence-corrected chi connectivity index (χ0v) is 10.4. The highest BCUT2D eigenvalue weighted by Gasteiger charge is 2.16. The lowest BCUT2D eigenvalue weighted by atomic mass is 10.2. The average Bonchev–Trinajstić information content (AvgIpc) is 2.23. The second-order valence-corrected chi connectivity index (χ2v) is 4.18. The number of rotatable bonds is 4. The average molecular weight is 277 g/mol. The molecular formula is C11H11Cl2FN2O. The number of halogens is 3. The fourth-order valence-corrected chi connectivity index (χ4v) is 1.72. The molecule has 0 spiro atoms. The second-order valence-electron chi connectivity index (χ2n) is 3.36. The van der Waals surface area contributed by atoms with Crippen molar-refractivity contribution in [1.82, 2.24) is 0 Å². The summed E-state index contributed by atoms with van der Waals surface area (Å²) in [4.78, 5) is 11.6. The Morgan fingerprint density at radius 1 is 1.53 bits per heavy atom. The number of carbonyl (C=O) groups excluding carboxylic acids is 1. The lowest BCUT2D eigenvalue weighted by Gasteiger charge is -2.12. The fourth-order valence-electron chi connectivity index (χ4n) is 1.16. The summed E-state index contributed by atoms with van der Waals surface area (Å²) in [6.45, 7) is 3.48. The van der Waals surface area contributed by atoms with Gasteiger partial charge in [0.1, 0.15) is 5.82 Å². The quantitative estimate of drug-likeness (QED) is 0.831. The molecule has 3 nitrogen and oxygen atoms in total. The molecule has 1 unspecified atom stereocenters. The van der Waals surface area contributed by atoms with E-state index >= 15 is 0 Å². The van der Waals surface area contributed by atoms with Crippen molar-refractivity contribution >= 4 is 34.8 Å². The lowest BCUT2D eigenvalue weighted by molar-refractivity contribution is -0.117. The van der Waals surface area contributed by atoms with Crippen LogP contribution in [-0.4, -0.2) is 11.9 Å². The van der Waals surface area contributed by atoms with Gasteiger partial charge < -0.3 is 11.1 Å². The normalized spacial score (nSPS) is 12.0. The van der Waals surface area contributed by atoms with Crippen LogP contribution in [0.25, 0.3) is 0 Å². The molecule has 0 aliphatic rings. The first kappa shape index (κ1) is 14.0. The van der Waals surface area contributed by atoms with E-state index in [2.05, 4.69) is 11.9 Å². The standard InChI is InChI=1S/C11H11Cl2FN2O/c1-2-3-9(15)11(17)16-10-7(12)4-6(14)5-8(10)13/h2,4-5,9H,1,3,15H2,(H,16,17). The molecule has 1 atom stereocenters. The van der Waals surface area contributed by atoms with Gasteiger partial charge in [-0.15, -0.1) is 6.58 Å². The van der Waals surface area contributed by atoms with E-state index in [1.54, 1.807) is 0 Å². The van der Waals surface area contributed by atoms with Gasteiger partial charge in [-0.05, 0) is 18.6 Å². The van der Waals surface area contributed by atoms with E-state index in [1.165, 1.54) is 6.08 Å². The van der Waals surface area contributed by atoms with Gasteiger partial charge in [-0.3, -0.25) is 4.79 Å². The summed E-state index contributed by atoms with van der Waals surface area (Å²) in [5, 5.41) is 2.49. The number of nitrogens with one attached hydrogen (secondary N) is 1. The van der Waals surface area contributed by atoms with Crippen molar-refractivity contribution in [2.24, 2.45) is 5.73 Å². The maximum Gasteiger partial charge on any atom is 0.241 e. The fraction of sp³-hybridized carbons (Fsp3) is 0.182. The summed E-state index contributed by atoms with van der Waals surface area (Å²) in [6.07, 6.45) is 1.85. The third-order valence-corrected chi connectivity index (χ3v) is 2.61. The van der Waals surface area contributed by atoms with E-state index in [0.29, 0.717) is 6.42 Å². The molecule has 3 N–H and O–H groups in total. The molecule has 0 aliphatic heterocycles. The van der Waals surface area contributed by atoms with E-state index in [9.17, 15) is 9.18 Å². The molecule has 0 bridgehead atoms. The van der Waals surface area contributed by atoms with E-state index < -0.39 is 17.8 Å². The predicted molar refractivity (Wildman–Crippen MR) is 67.8 cm³/mol. The summed E-state index contributed by atoms with van der Waals surface area (Å²) in [6, 6.07) is 1.37. The molecule has 0 fully saturated rings. The minimum absolute atomic E-state index is 0.0224. The third kappa shape index (κ3) is 3.70. The van der Waals surface area contributed by atoms with Crippen LogP contribution in [0, 0.1) is 5.82 Å². The maximum absolute atomic E-state index is 12.9. The van der Waals surface area contributed by atoms with E-state index in [1.807, 2.05) is 0 Å². The van der Waals surface area contributed by atoms with Crippen molar-refractivity contribution in [3.8, 4) is 0 Å². The summed E-state index contributed by atoms with van der Waals surface area (Å²) in [7, 11) is 0. The first-order valence-electron chi connectivity index (χ1n) is 4.77. The lowest BCUT2D eigenvalue weighted by Crippen LogP contribution is -2.35. The van der Waals surface area contributed by atoms with Crippen molar-refractivity contribution in [2.75, 3.05) is 5.32 Å². The van der Waals surface area contributed by atoms with Crippen LogP contribution in [0.15, 0.2) is 24.8 Å². The van der Waals surface area contributed by atoms with Gasteiger partial charge >= 0.3 is 0 Å². The Balaban J connectivity index is 2.88. The Labute approximate surface area is 108 Å². The van der Waals surface area contributed by atoms with Crippen LogP contribution in [0.4, 0.5) is 10.1 Å². The predicted octanol–water partition coefficient (Wildman–Crippen LogP) is 2.97. The van der Waals surface area contributed by atoms with Gasteiger partial charge in [0.2, 0.25) is 5.91 Å². The highest BCUT2D eigenvalue weighted by atomic mass is 35.5. The molecule has 0 saturated carbocycles. The Hall–Kier alpha value is -1.10. The van der Waals surface area contributed by atoms with Crippen LogP contribution in [0.3, 0.4) is 0 Å². The first-order chi connectivity index (χ1) is 7.95. The van der Waals surface area contributed by atoms with E-state index in [4.69, 9.17) is 28.9 Å². The van der Waals surface area contributed by atoms with Gasteiger partial charge in [-0.25, -0.2) is 4.39 Å². The molecule has 92 valence electrons. The number of anilines is 1. The van der Waals surface area contributed by atoms with Crippen LogP contribution in [0.5, 0.6) is 0 Å². The molecule has 0 saturated heterocycles. The maximum atomic E-state index is 12.9. The van der Waals surface area contributed by atoms with Gasteiger partial charge in [-0.1, -0.05) is 29.3 Å². The van der Waals surface area contributed by atoms with Crippen molar-refractivity contribution in [2.45, 2.75) is 12.5 Å². The second kappa shape index (κ2) is 6.00. The topological polar surface area (TPSA) is 55.1 Å². The summed E-state index contributed by atoms with van der Waals surface area (Å²) in [5.74, 6) is -1.03. The number of nitrogens with two attached hydrogens (primary N) is 1. The first-order valence-corrected chi connectivity index (χ1v) is 5.53. The molecule has 17 heavy (non-hydrogen) atoms. The summed E-state index contributed by atoms with van der Waals surface area (Å²) < 4.78 is 12.9. The Bertz CT molecular complexity index is 428. The molecule has 0 heterocycles. The number of carbonyl (C=O) groups is 1. The molecule has 0 aromatic heterocycles. The van der Waals surface area contributed by atoms with Gasteiger partial charge in [0.05, 0.1) is 21.8 Å². The number of amides is 1. The molecule has 0 aliphatic carbocycles. The Morgan fingerprint density at radius 2 is 2.06 bits per heavy atom. The van der Waals surface area contributed by atoms with Gasteiger partial charge in [0, 0.05) is 0 Å². The highest BCUT2D eigenvalue weighted by Crippen LogP contribution is 2.31. The monoisotopic (exact) mass is 276 g/mol. The zero-order chi connectivity index (χ0) is 13.0. The summed E-state index contributed by atoms with van der Waals surface area (Å²) in [5.41, 5.74) is 5.71. The van der Waals surface area contributed by atoms with Crippen LogP contribution < -0.4 is 11.1 Å². The molecule has 1 aromatic rings. The van der Waals surface area contributed by atoms with Gasteiger partial charge in [0.15, 0.2) is 0 Å².